The Morgan fingerprint density at radius 3 is 2.68 bits per heavy atom. The normalized spacial score (nSPS) is 19.3. The van der Waals surface area contributed by atoms with Gasteiger partial charge in [0.1, 0.15) is 0 Å². The van der Waals surface area contributed by atoms with Crippen LogP contribution in [-0.2, 0) is 9.53 Å². The molecule has 0 heterocycles. The summed E-state index contributed by atoms with van der Waals surface area (Å²) in [7, 11) is 1.68. The third-order valence-corrected chi connectivity index (χ3v) is 5.31. The third kappa shape index (κ3) is 5.71. The number of carbonyl (C=O) groups is 1. The van der Waals surface area contributed by atoms with Crippen LogP contribution in [-0.4, -0.2) is 49.8 Å². The molecule has 0 radical (unpaired) electrons. The second-order valence-corrected chi connectivity index (χ2v) is 6.61. The van der Waals surface area contributed by atoms with E-state index in [0.717, 1.165) is 13.0 Å². The first kappa shape index (κ1) is 16.8. The summed E-state index contributed by atoms with van der Waals surface area (Å²) in [5, 5.41) is 6.33. The smallest absolute Gasteiger partial charge is 0.236 e. The first-order valence-corrected chi connectivity index (χ1v) is 8.41. The van der Waals surface area contributed by atoms with Gasteiger partial charge in [-0.25, -0.2) is 0 Å². The molecule has 0 aliphatic heterocycles. The third-order valence-electron chi connectivity index (χ3n) is 3.90. The van der Waals surface area contributed by atoms with Crippen molar-refractivity contribution in [1.82, 2.24) is 10.6 Å². The maximum atomic E-state index is 11.9. The van der Waals surface area contributed by atoms with E-state index in [1.807, 2.05) is 18.7 Å². The molecule has 0 aromatic carbocycles. The van der Waals surface area contributed by atoms with Crippen LogP contribution in [0.4, 0.5) is 0 Å². The number of ether oxygens (including phenoxy) is 1. The molecule has 0 bridgehead atoms. The molecule has 0 aromatic rings. The number of hydrogen-bond donors (Lipinski definition) is 2. The van der Waals surface area contributed by atoms with E-state index in [1.54, 1.807) is 7.11 Å². The molecule has 1 amide bonds. The van der Waals surface area contributed by atoms with E-state index >= 15 is 0 Å². The predicted octanol–water partition coefficient (Wildman–Crippen LogP) is 1.79. The lowest BCUT2D eigenvalue weighted by Gasteiger charge is -2.28. The van der Waals surface area contributed by atoms with Crippen molar-refractivity contribution in [2.75, 3.05) is 33.1 Å². The Bertz CT molecular complexity index is 268. The first-order valence-electron chi connectivity index (χ1n) is 7.19. The van der Waals surface area contributed by atoms with Crippen molar-refractivity contribution < 1.29 is 9.53 Å². The molecule has 1 atom stereocenters. The number of carbonyl (C=O) groups excluding carboxylic acids is 1. The lowest BCUT2D eigenvalue weighted by molar-refractivity contribution is -0.122. The maximum Gasteiger partial charge on any atom is 0.236 e. The Kier molecular flexibility index (Phi) is 7.80. The van der Waals surface area contributed by atoms with Gasteiger partial charge < -0.3 is 15.4 Å². The molecule has 0 saturated heterocycles. The summed E-state index contributed by atoms with van der Waals surface area (Å²) in [6, 6.07) is -0.118. The summed E-state index contributed by atoms with van der Waals surface area (Å²) in [5.41, 5.74) is 0. The minimum absolute atomic E-state index is 0.0883. The van der Waals surface area contributed by atoms with E-state index in [1.165, 1.54) is 25.7 Å². The van der Waals surface area contributed by atoms with E-state index in [2.05, 4.69) is 16.9 Å². The van der Waals surface area contributed by atoms with Gasteiger partial charge in [-0.1, -0.05) is 12.8 Å². The lowest BCUT2D eigenvalue weighted by Crippen LogP contribution is -2.47. The molecule has 112 valence electrons. The Morgan fingerprint density at radius 1 is 1.42 bits per heavy atom. The Hall–Kier alpha value is -0.260. The average molecular weight is 288 g/mol. The minimum Gasteiger partial charge on any atom is -0.385 e. The van der Waals surface area contributed by atoms with E-state index in [4.69, 9.17) is 4.74 Å². The molecule has 1 rings (SSSR count). The molecule has 0 aromatic heterocycles. The zero-order valence-corrected chi connectivity index (χ0v) is 13.3. The summed E-state index contributed by atoms with van der Waals surface area (Å²) in [6.07, 6.45) is 8.22. The molecule has 1 aliphatic rings. The quantitative estimate of drug-likeness (QED) is 0.635. The van der Waals surface area contributed by atoms with Crippen LogP contribution >= 0.6 is 11.8 Å². The van der Waals surface area contributed by atoms with Crippen LogP contribution in [0.3, 0.4) is 0 Å². The van der Waals surface area contributed by atoms with Crippen molar-refractivity contribution in [2.45, 2.75) is 49.8 Å². The molecule has 5 heteroatoms. The molecule has 4 nitrogen and oxygen atoms in total. The van der Waals surface area contributed by atoms with E-state index in [-0.39, 0.29) is 11.9 Å². The topological polar surface area (TPSA) is 50.4 Å². The number of rotatable bonds is 9. The van der Waals surface area contributed by atoms with Gasteiger partial charge in [0.25, 0.3) is 0 Å². The average Bonchev–Trinajstić information content (AvgIpc) is 2.90. The van der Waals surface area contributed by atoms with Gasteiger partial charge >= 0.3 is 0 Å². The molecule has 1 saturated carbocycles. The molecule has 1 fully saturated rings. The van der Waals surface area contributed by atoms with Crippen molar-refractivity contribution in [3.63, 3.8) is 0 Å². The molecule has 1 aliphatic carbocycles. The van der Waals surface area contributed by atoms with Crippen LogP contribution in [0.25, 0.3) is 0 Å². The van der Waals surface area contributed by atoms with Gasteiger partial charge in [-0.2, -0.15) is 11.8 Å². The van der Waals surface area contributed by atoms with Gasteiger partial charge in [-0.05, 0) is 32.4 Å². The standard InChI is InChI=1S/C14H28N2O2S/c1-12(13(17)15-9-6-10-18-2)16-11-14(19-3)7-4-5-8-14/h12,16H,4-11H2,1-3H3,(H,15,17). The summed E-state index contributed by atoms with van der Waals surface area (Å²) in [6.45, 7) is 4.25. The maximum absolute atomic E-state index is 11.9. The lowest BCUT2D eigenvalue weighted by atomic mass is 10.1. The van der Waals surface area contributed by atoms with Crippen LogP contribution in [0.1, 0.15) is 39.0 Å². The molecule has 19 heavy (non-hydrogen) atoms. The number of amides is 1. The van der Waals surface area contributed by atoms with Crippen LogP contribution in [0.2, 0.25) is 0 Å². The fourth-order valence-corrected chi connectivity index (χ4v) is 3.41. The summed E-state index contributed by atoms with van der Waals surface area (Å²) in [4.78, 5) is 11.9. The highest BCUT2D eigenvalue weighted by Gasteiger charge is 2.33. The molecule has 0 spiro atoms. The van der Waals surface area contributed by atoms with Crippen molar-refractivity contribution in [3.05, 3.63) is 0 Å². The highest BCUT2D eigenvalue weighted by molar-refractivity contribution is 8.00. The molecular weight excluding hydrogens is 260 g/mol. The van der Waals surface area contributed by atoms with Crippen LogP contribution < -0.4 is 10.6 Å². The number of hydrogen-bond acceptors (Lipinski definition) is 4. The van der Waals surface area contributed by atoms with Gasteiger partial charge in [0.2, 0.25) is 5.91 Å². The van der Waals surface area contributed by atoms with E-state index in [9.17, 15) is 4.79 Å². The van der Waals surface area contributed by atoms with E-state index < -0.39 is 0 Å². The zero-order chi connectivity index (χ0) is 14.1. The zero-order valence-electron chi connectivity index (χ0n) is 12.5. The number of thioether (sulfide) groups is 1. The van der Waals surface area contributed by atoms with Gasteiger partial charge in [0.15, 0.2) is 0 Å². The van der Waals surface area contributed by atoms with Gasteiger partial charge in [-0.15, -0.1) is 0 Å². The van der Waals surface area contributed by atoms with Crippen LogP contribution in [0.15, 0.2) is 0 Å². The van der Waals surface area contributed by atoms with Crippen molar-refractivity contribution in [1.29, 1.82) is 0 Å². The Morgan fingerprint density at radius 2 is 2.11 bits per heavy atom. The fourth-order valence-electron chi connectivity index (χ4n) is 2.49. The Labute approximate surface area is 121 Å². The summed E-state index contributed by atoms with van der Waals surface area (Å²) in [5.74, 6) is 0.0883. The molecule has 2 N–H and O–H groups in total. The second-order valence-electron chi connectivity index (χ2n) is 5.33. The van der Waals surface area contributed by atoms with Gasteiger partial charge in [0, 0.05) is 31.6 Å². The largest absolute Gasteiger partial charge is 0.385 e. The summed E-state index contributed by atoms with van der Waals surface area (Å²) >= 11 is 1.95. The predicted molar refractivity (Wildman–Crippen MR) is 81.7 cm³/mol. The fraction of sp³-hybridized carbons (Fsp3) is 0.929. The number of methoxy groups -OCH3 is 1. The second kappa shape index (κ2) is 8.82. The minimum atomic E-state index is -0.118. The molecular formula is C14H28N2O2S. The SMILES string of the molecule is COCCCNC(=O)C(C)NCC1(SC)CCCC1. The van der Waals surface area contributed by atoms with E-state index in [0.29, 0.717) is 17.9 Å². The van der Waals surface area contributed by atoms with Crippen molar-refractivity contribution in [2.24, 2.45) is 0 Å². The Balaban J connectivity index is 2.22. The van der Waals surface area contributed by atoms with Gasteiger partial charge in [-0.3, -0.25) is 4.79 Å². The highest BCUT2D eigenvalue weighted by atomic mass is 32.2. The van der Waals surface area contributed by atoms with Gasteiger partial charge in [0.05, 0.1) is 6.04 Å². The van der Waals surface area contributed by atoms with Crippen LogP contribution in [0, 0.1) is 0 Å². The van der Waals surface area contributed by atoms with Crippen molar-refractivity contribution >= 4 is 17.7 Å². The monoisotopic (exact) mass is 288 g/mol. The highest BCUT2D eigenvalue weighted by Crippen LogP contribution is 2.39. The van der Waals surface area contributed by atoms with Crippen molar-refractivity contribution in [3.8, 4) is 0 Å². The molecule has 1 unspecified atom stereocenters. The summed E-state index contributed by atoms with van der Waals surface area (Å²) < 4.78 is 5.31. The van der Waals surface area contributed by atoms with Crippen LogP contribution in [0.5, 0.6) is 0 Å². The number of nitrogens with one attached hydrogen (secondary N) is 2. The first-order chi connectivity index (χ1) is 9.13.